The Morgan fingerprint density at radius 1 is 0.853 bits per heavy atom. The summed E-state index contributed by atoms with van der Waals surface area (Å²) in [4.78, 5) is 30.4. The van der Waals surface area contributed by atoms with E-state index in [1.54, 1.807) is 4.90 Å². The molecule has 2 amide bonds. The highest BCUT2D eigenvalue weighted by Gasteiger charge is 2.41. The van der Waals surface area contributed by atoms with Crippen molar-refractivity contribution in [3.8, 4) is 5.75 Å². The quantitative estimate of drug-likeness (QED) is 0.425. The van der Waals surface area contributed by atoms with Crippen LogP contribution in [0.25, 0.3) is 5.57 Å². The average molecular weight is 455 g/mol. The Morgan fingerprint density at radius 3 is 2.12 bits per heavy atom. The fourth-order valence-corrected chi connectivity index (χ4v) is 3.92. The number of rotatable bonds is 8. The third-order valence-electron chi connectivity index (χ3n) is 5.81. The van der Waals surface area contributed by atoms with E-state index < -0.39 is 0 Å². The zero-order chi connectivity index (χ0) is 24.2. The molecule has 1 aliphatic heterocycles. The summed E-state index contributed by atoms with van der Waals surface area (Å²) in [5.74, 6) is 0.563. The van der Waals surface area contributed by atoms with E-state index in [0.29, 0.717) is 29.4 Å². The molecule has 5 nitrogen and oxygen atoms in total. The first-order valence-corrected chi connectivity index (χ1v) is 11.5. The van der Waals surface area contributed by atoms with E-state index in [0.717, 1.165) is 22.6 Å². The van der Waals surface area contributed by atoms with Crippen LogP contribution in [0.3, 0.4) is 0 Å². The number of anilines is 1. The fraction of sp³-hybridized carbons (Fsp3) is 0.241. The monoisotopic (exact) mass is 454 g/mol. The molecular formula is C29H30N2O3. The number of nitrogens with zero attached hydrogens (tertiary/aromatic N) is 2. The topological polar surface area (TPSA) is 49.9 Å². The molecule has 1 aliphatic rings. The maximum Gasteiger partial charge on any atom is 0.278 e. The van der Waals surface area contributed by atoms with Gasteiger partial charge in [0.05, 0.1) is 18.7 Å². The van der Waals surface area contributed by atoms with Crippen molar-refractivity contribution in [2.24, 2.45) is 5.92 Å². The first-order valence-electron chi connectivity index (χ1n) is 11.5. The van der Waals surface area contributed by atoms with Gasteiger partial charge in [-0.15, -0.1) is 0 Å². The Hall–Kier alpha value is -3.86. The lowest BCUT2D eigenvalue weighted by molar-refractivity contribution is -0.137. The van der Waals surface area contributed by atoms with Crippen LogP contribution in [0.1, 0.15) is 30.5 Å². The molecule has 0 saturated heterocycles. The molecule has 0 radical (unpaired) electrons. The van der Waals surface area contributed by atoms with E-state index in [-0.39, 0.29) is 18.4 Å². The molecule has 0 unspecified atom stereocenters. The predicted molar refractivity (Wildman–Crippen MR) is 135 cm³/mol. The number of benzene rings is 3. The molecule has 5 heteroatoms. The van der Waals surface area contributed by atoms with E-state index in [1.165, 1.54) is 4.90 Å². The van der Waals surface area contributed by atoms with Gasteiger partial charge >= 0.3 is 0 Å². The second-order valence-electron chi connectivity index (χ2n) is 9.03. The van der Waals surface area contributed by atoms with Gasteiger partial charge in [-0.2, -0.15) is 0 Å². The van der Waals surface area contributed by atoms with Crippen LogP contribution in [0.15, 0.2) is 84.6 Å². The van der Waals surface area contributed by atoms with Crippen molar-refractivity contribution in [2.75, 3.05) is 18.6 Å². The third kappa shape index (κ3) is 4.88. The number of ether oxygens (including phenoxy) is 1. The highest BCUT2D eigenvalue weighted by molar-refractivity contribution is 6.36. The van der Waals surface area contributed by atoms with Crippen molar-refractivity contribution in [2.45, 2.75) is 27.3 Å². The minimum Gasteiger partial charge on any atom is -0.493 e. The van der Waals surface area contributed by atoms with E-state index in [2.05, 4.69) is 13.8 Å². The second kappa shape index (κ2) is 9.96. The molecule has 1 heterocycles. The van der Waals surface area contributed by atoms with Crippen LogP contribution < -0.4 is 9.64 Å². The number of amides is 2. The summed E-state index contributed by atoms with van der Waals surface area (Å²) in [7, 11) is 1.82. The summed E-state index contributed by atoms with van der Waals surface area (Å²) in [6.07, 6.45) is 0. The van der Waals surface area contributed by atoms with E-state index in [1.807, 2.05) is 92.8 Å². The van der Waals surface area contributed by atoms with Gasteiger partial charge in [-0.25, -0.2) is 0 Å². The Bertz CT molecular complexity index is 1200. The van der Waals surface area contributed by atoms with Crippen LogP contribution in [0, 0.1) is 12.8 Å². The Labute approximate surface area is 201 Å². The van der Waals surface area contributed by atoms with Gasteiger partial charge in [0.15, 0.2) is 0 Å². The van der Waals surface area contributed by atoms with E-state index in [4.69, 9.17) is 4.74 Å². The molecule has 0 spiro atoms. The van der Waals surface area contributed by atoms with Crippen molar-refractivity contribution in [3.05, 3.63) is 101 Å². The van der Waals surface area contributed by atoms with Crippen molar-refractivity contribution in [1.82, 2.24) is 4.90 Å². The minimum atomic E-state index is -0.299. The smallest absolute Gasteiger partial charge is 0.278 e. The van der Waals surface area contributed by atoms with Gasteiger partial charge < -0.3 is 9.64 Å². The Balaban J connectivity index is 1.71. The summed E-state index contributed by atoms with van der Waals surface area (Å²) in [5, 5.41) is 0. The summed E-state index contributed by atoms with van der Waals surface area (Å²) in [5.41, 5.74) is 4.35. The molecule has 0 fully saturated rings. The van der Waals surface area contributed by atoms with Gasteiger partial charge in [-0.3, -0.25) is 14.5 Å². The maximum atomic E-state index is 13.6. The number of likely N-dealkylation sites (N-methyl/N-ethyl adjacent to an activating group) is 1. The molecule has 3 aromatic rings. The zero-order valence-corrected chi connectivity index (χ0v) is 20.1. The van der Waals surface area contributed by atoms with E-state index >= 15 is 0 Å². The zero-order valence-electron chi connectivity index (χ0n) is 20.1. The minimum absolute atomic E-state index is 0.225. The molecule has 0 aliphatic carbocycles. The predicted octanol–water partition coefficient (Wildman–Crippen LogP) is 5.45. The van der Waals surface area contributed by atoms with Gasteiger partial charge in [-0.05, 0) is 48.2 Å². The molecule has 3 aromatic carbocycles. The van der Waals surface area contributed by atoms with Gasteiger partial charge in [0, 0.05) is 12.7 Å². The van der Waals surface area contributed by atoms with Gasteiger partial charge in [0.2, 0.25) is 0 Å². The average Bonchev–Trinajstić information content (AvgIpc) is 3.09. The van der Waals surface area contributed by atoms with Crippen LogP contribution in [-0.4, -0.2) is 30.4 Å². The normalized spacial score (nSPS) is 13.7. The van der Waals surface area contributed by atoms with Crippen LogP contribution in [0.5, 0.6) is 5.75 Å². The SMILES string of the molecule is Cc1ccc(CN2C(=O)C(c3ccc(OCC(C)C)cc3)=C(N(C)c3ccccc3)C2=O)cc1. The molecule has 0 atom stereocenters. The largest absolute Gasteiger partial charge is 0.493 e. The maximum absolute atomic E-state index is 13.6. The molecule has 174 valence electrons. The van der Waals surface area contributed by atoms with Crippen molar-refractivity contribution in [1.29, 1.82) is 0 Å². The third-order valence-corrected chi connectivity index (χ3v) is 5.81. The van der Waals surface area contributed by atoms with E-state index in [9.17, 15) is 9.59 Å². The summed E-state index contributed by atoms with van der Waals surface area (Å²) in [6.45, 7) is 7.04. The highest BCUT2D eigenvalue weighted by Crippen LogP contribution is 2.35. The van der Waals surface area contributed by atoms with Crippen LogP contribution >= 0.6 is 0 Å². The number of hydrogen-bond donors (Lipinski definition) is 0. The number of aryl methyl sites for hydroxylation is 1. The lowest BCUT2D eigenvalue weighted by Gasteiger charge is -2.21. The number of carbonyl (C=O) groups is 2. The number of para-hydroxylation sites is 1. The standard InChI is InChI=1S/C29H30N2O3/c1-20(2)19-34-25-16-14-23(15-17-25)26-27(30(4)24-8-6-5-7-9-24)29(33)31(28(26)32)18-22-12-10-21(3)11-13-22/h5-17,20H,18-19H2,1-4H3. The molecule has 4 rings (SSSR count). The Morgan fingerprint density at radius 2 is 1.50 bits per heavy atom. The molecule has 0 bridgehead atoms. The van der Waals surface area contributed by atoms with Crippen LogP contribution in [0.2, 0.25) is 0 Å². The molecular weight excluding hydrogens is 424 g/mol. The van der Waals surface area contributed by atoms with Gasteiger partial charge in [0.25, 0.3) is 11.8 Å². The van der Waals surface area contributed by atoms with Crippen molar-refractivity contribution >= 4 is 23.1 Å². The number of hydrogen-bond acceptors (Lipinski definition) is 4. The van der Waals surface area contributed by atoms with Crippen LogP contribution in [-0.2, 0) is 16.1 Å². The summed E-state index contributed by atoms with van der Waals surface area (Å²) in [6, 6.07) is 24.9. The molecule has 0 aromatic heterocycles. The first-order chi connectivity index (χ1) is 16.3. The number of carbonyl (C=O) groups excluding carboxylic acids is 2. The lowest BCUT2D eigenvalue weighted by atomic mass is 10.0. The number of imide groups is 1. The fourth-order valence-electron chi connectivity index (χ4n) is 3.92. The van der Waals surface area contributed by atoms with Gasteiger partial charge in [0.1, 0.15) is 11.4 Å². The molecule has 0 N–H and O–H groups in total. The molecule has 0 saturated carbocycles. The van der Waals surface area contributed by atoms with Crippen molar-refractivity contribution in [3.63, 3.8) is 0 Å². The van der Waals surface area contributed by atoms with Gasteiger partial charge in [-0.1, -0.05) is 74.0 Å². The van der Waals surface area contributed by atoms with Crippen molar-refractivity contribution < 1.29 is 14.3 Å². The Kier molecular flexibility index (Phi) is 6.82. The summed E-state index contributed by atoms with van der Waals surface area (Å²) >= 11 is 0. The molecule has 34 heavy (non-hydrogen) atoms. The second-order valence-corrected chi connectivity index (χ2v) is 9.03. The summed E-state index contributed by atoms with van der Waals surface area (Å²) < 4.78 is 5.80. The lowest BCUT2D eigenvalue weighted by Crippen LogP contribution is -2.33. The van der Waals surface area contributed by atoms with Crippen LogP contribution in [0.4, 0.5) is 5.69 Å². The first kappa shape index (κ1) is 23.3. The highest BCUT2D eigenvalue weighted by atomic mass is 16.5.